The molecule has 0 atom stereocenters. The van der Waals surface area contributed by atoms with Crippen LogP contribution in [0, 0.1) is 0 Å². The molecule has 138 valence electrons. The molecule has 0 aliphatic rings. The van der Waals surface area contributed by atoms with Crippen molar-refractivity contribution in [3.05, 3.63) is 102 Å². The minimum atomic E-state index is -0.292. The number of hydrazone groups is 1. The molecule has 0 fully saturated rings. The molecule has 28 heavy (non-hydrogen) atoms. The third-order valence-electron chi connectivity index (χ3n) is 4.24. The predicted molar refractivity (Wildman–Crippen MR) is 109 cm³/mol. The Kier molecular flexibility index (Phi) is 5.11. The van der Waals surface area contributed by atoms with Gasteiger partial charge in [0.05, 0.1) is 12.8 Å². The molecule has 6 nitrogen and oxygen atoms in total. The zero-order chi connectivity index (χ0) is 19.2. The van der Waals surface area contributed by atoms with Crippen molar-refractivity contribution in [2.75, 3.05) is 0 Å². The van der Waals surface area contributed by atoms with Gasteiger partial charge in [-0.15, -0.1) is 0 Å². The number of aromatic amines is 1. The fourth-order valence-corrected chi connectivity index (χ4v) is 2.90. The largest absolute Gasteiger partial charge is 0.357 e. The van der Waals surface area contributed by atoms with Crippen molar-refractivity contribution in [3.63, 3.8) is 0 Å². The van der Waals surface area contributed by atoms with E-state index in [-0.39, 0.29) is 5.91 Å². The Morgan fingerprint density at radius 2 is 1.79 bits per heavy atom. The summed E-state index contributed by atoms with van der Waals surface area (Å²) in [4.78, 5) is 14.9. The fraction of sp³-hybridized carbons (Fsp3) is 0.0455. The third kappa shape index (κ3) is 4.07. The molecule has 1 amide bonds. The van der Waals surface area contributed by atoms with Crippen LogP contribution >= 0.6 is 0 Å². The van der Waals surface area contributed by atoms with Gasteiger partial charge in [-0.1, -0.05) is 60.7 Å². The van der Waals surface area contributed by atoms with E-state index >= 15 is 0 Å². The summed E-state index contributed by atoms with van der Waals surface area (Å²) < 4.78 is 1.88. The maximum atomic E-state index is 12.0. The van der Waals surface area contributed by atoms with E-state index in [1.807, 2.05) is 59.4 Å². The first-order chi connectivity index (χ1) is 13.8. The zero-order valence-electron chi connectivity index (χ0n) is 15.1. The average Bonchev–Trinajstić information content (AvgIpc) is 3.40. The van der Waals surface area contributed by atoms with E-state index in [9.17, 15) is 4.79 Å². The first-order valence-electron chi connectivity index (χ1n) is 8.93. The molecule has 2 N–H and O–H groups in total. The lowest BCUT2D eigenvalue weighted by molar-refractivity contribution is 0.0951. The monoisotopic (exact) mass is 369 g/mol. The van der Waals surface area contributed by atoms with Gasteiger partial charge in [-0.05, 0) is 17.7 Å². The lowest BCUT2D eigenvalue weighted by atomic mass is 10.1. The molecule has 0 spiro atoms. The van der Waals surface area contributed by atoms with Crippen LogP contribution in [0.5, 0.6) is 0 Å². The number of amides is 1. The van der Waals surface area contributed by atoms with Gasteiger partial charge in [0, 0.05) is 23.5 Å². The number of H-pyrrole nitrogens is 1. The number of carbonyl (C=O) groups is 1. The summed E-state index contributed by atoms with van der Waals surface area (Å²) >= 11 is 0. The molecule has 0 aliphatic carbocycles. The van der Waals surface area contributed by atoms with E-state index in [1.54, 1.807) is 24.5 Å². The standard InChI is InChI=1S/C22H19N5O/c28-22(20-12-7-13-23-20)25-24-14-19-16-27(15-17-8-3-1-4-9-17)26-21(19)18-10-5-2-6-11-18/h1-14,16,23H,15H2,(H,25,28)/b24-14-. The number of hydrogen-bond acceptors (Lipinski definition) is 3. The Labute approximate surface area is 162 Å². The summed E-state index contributed by atoms with van der Waals surface area (Å²) in [6.07, 6.45) is 5.25. The SMILES string of the molecule is O=C(N/N=C\c1cn(Cc2ccccc2)nc1-c1ccccc1)c1ccc[nH]1. The maximum absolute atomic E-state index is 12.0. The topological polar surface area (TPSA) is 75.1 Å². The van der Waals surface area contributed by atoms with E-state index in [4.69, 9.17) is 5.10 Å². The Morgan fingerprint density at radius 3 is 2.50 bits per heavy atom. The van der Waals surface area contributed by atoms with Gasteiger partial charge in [0.15, 0.2) is 0 Å². The highest BCUT2D eigenvalue weighted by Crippen LogP contribution is 2.21. The van der Waals surface area contributed by atoms with Crippen LogP contribution in [0.25, 0.3) is 11.3 Å². The Morgan fingerprint density at radius 1 is 1.04 bits per heavy atom. The molecule has 6 heteroatoms. The molecule has 2 aromatic carbocycles. The van der Waals surface area contributed by atoms with Crippen molar-refractivity contribution < 1.29 is 4.79 Å². The minimum Gasteiger partial charge on any atom is -0.357 e. The highest BCUT2D eigenvalue weighted by atomic mass is 16.2. The number of carbonyl (C=O) groups excluding carboxylic acids is 1. The van der Waals surface area contributed by atoms with Gasteiger partial charge in [-0.3, -0.25) is 9.48 Å². The molecule has 2 heterocycles. The molecule has 0 unspecified atom stereocenters. The molecule has 2 aromatic heterocycles. The molecule has 0 bridgehead atoms. The molecular formula is C22H19N5O. The van der Waals surface area contributed by atoms with E-state index in [1.165, 1.54) is 0 Å². The van der Waals surface area contributed by atoms with E-state index in [0.29, 0.717) is 12.2 Å². The van der Waals surface area contributed by atoms with Crippen molar-refractivity contribution in [1.29, 1.82) is 0 Å². The molecular weight excluding hydrogens is 350 g/mol. The van der Waals surface area contributed by atoms with Gasteiger partial charge >= 0.3 is 0 Å². The number of benzene rings is 2. The van der Waals surface area contributed by atoms with Crippen LogP contribution in [0.15, 0.2) is 90.3 Å². The van der Waals surface area contributed by atoms with E-state index in [0.717, 1.165) is 22.4 Å². The summed E-state index contributed by atoms with van der Waals surface area (Å²) in [5.41, 5.74) is 6.79. The smallest absolute Gasteiger partial charge is 0.287 e. The van der Waals surface area contributed by atoms with Crippen LogP contribution in [0.4, 0.5) is 0 Å². The van der Waals surface area contributed by atoms with Crippen molar-refractivity contribution in [2.45, 2.75) is 6.54 Å². The molecule has 0 aliphatic heterocycles. The van der Waals surface area contributed by atoms with Crippen LogP contribution in [0.3, 0.4) is 0 Å². The first-order valence-corrected chi connectivity index (χ1v) is 8.93. The molecule has 0 saturated heterocycles. The lowest BCUT2D eigenvalue weighted by Crippen LogP contribution is -2.17. The van der Waals surface area contributed by atoms with Gasteiger partial charge in [-0.2, -0.15) is 10.2 Å². The second-order valence-electron chi connectivity index (χ2n) is 6.27. The van der Waals surface area contributed by atoms with Gasteiger partial charge in [0.2, 0.25) is 0 Å². The van der Waals surface area contributed by atoms with Crippen molar-refractivity contribution in [3.8, 4) is 11.3 Å². The molecule has 4 aromatic rings. The van der Waals surface area contributed by atoms with Gasteiger partial charge in [0.1, 0.15) is 11.4 Å². The number of nitrogens with zero attached hydrogens (tertiary/aromatic N) is 3. The normalized spacial score (nSPS) is 11.0. The first kappa shape index (κ1) is 17.5. The summed E-state index contributed by atoms with van der Waals surface area (Å²) in [5, 5.41) is 8.84. The van der Waals surface area contributed by atoms with Crippen molar-refractivity contribution >= 4 is 12.1 Å². The number of aromatic nitrogens is 3. The van der Waals surface area contributed by atoms with Crippen LogP contribution in [0.2, 0.25) is 0 Å². The average molecular weight is 369 g/mol. The summed E-state index contributed by atoms with van der Waals surface area (Å²) in [7, 11) is 0. The van der Waals surface area contributed by atoms with Crippen LogP contribution in [0.1, 0.15) is 21.6 Å². The van der Waals surface area contributed by atoms with Crippen molar-refractivity contribution in [2.24, 2.45) is 5.10 Å². The number of rotatable bonds is 6. The molecule has 0 saturated carbocycles. The second-order valence-corrected chi connectivity index (χ2v) is 6.27. The van der Waals surface area contributed by atoms with Crippen molar-refractivity contribution in [1.82, 2.24) is 20.2 Å². The Hall–Kier alpha value is -3.93. The third-order valence-corrected chi connectivity index (χ3v) is 4.24. The molecule has 0 radical (unpaired) electrons. The van der Waals surface area contributed by atoms with Crippen LogP contribution < -0.4 is 5.43 Å². The van der Waals surface area contributed by atoms with E-state index < -0.39 is 0 Å². The van der Waals surface area contributed by atoms with Gasteiger partial charge < -0.3 is 4.98 Å². The summed E-state index contributed by atoms with van der Waals surface area (Å²) in [5.74, 6) is -0.292. The minimum absolute atomic E-state index is 0.292. The quantitative estimate of drug-likeness (QED) is 0.402. The summed E-state index contributed by atoms with van der Waals surface area (Å²) in [6.45, 7) is 0.656. The van der Waals surface area contributed by atoms with Gasteiger partial charge in [-0.25, -0.2) is 5.43 Å². The number of hydrogen-bond donors (Lipinski definition) is 2. The van der Waals surface area contributed by atoms with E-state index in [2.05, 4.69) is 27.6 Å². The Bertz CT molecular complexity index is 1070. The molecule has 4 rings (SSSR count). The number of nitrogens with one attached hydrogen (secondary N) is 2. The summed E-state index contributed by atoms with van der Waals surface area (Å²) in [6, 6.07) is 23.5. The fourth-order valence-electron chi connectivity index (χ4n) is 2.90. The zero-order valence-corrected chi connectivity index (χ0v) is 15.1. The highest BCUT2D eigenvalue weighted by molar-refractivity contribution is 5.94. The van der Waals surface area contributed by atoms with Crippen LogP contribution in [-0.4, -0.2) is 26.9 Å². The van der Waals surface area contributed by atoms with Gasteiger partial charge in [0.25, 0.3) is 5.91 Å². The Balaban J connectivity index is 1.59. The van der Waals surface area contributed by atoms with Crippen LogP contribution in [-0.2, 0) is 6.54 Å². The maximum Gasteiger partial charge on any atom is 0.287 e. The second kappa shape index (κ2) is 8.18. The predicted octanol–water partition coefficient (Wildman–Crippen LogP) is 3.69. The lowest BCUT2D eigenvalue weighted by Gasteiger charge is -2.01. The highest BCUT2D eigenvalue weighted by Gasteiger charge is 2.10.